The standard InChI is InChI=1S/C21H18N4O3S/c1-11-5-13(28-14-7-18(26)25(2)10-14)6-15-19(11)23-20(24-21(15)27)16-8-17-12(9-22-16)3-4-29-17/h3-6,8-9,14H,7,10H2,1-2H3,(H,23,24,27). The summed E-state index contributed by atoms with van der Waals surface area (Å²) in [6.07, 6.45) is 1.92. The summed E-state index contributed by atoms with van der Waals surface area (Å²) in [7, 11) is 1.76. The number of H-pyrrole nitrogens is 1. The number of likely N-dealkylation sites (N-methyl/N-ethyl adjacent to an activating group) is 1. The summed E-state index contributed by atoms with van der Waals surface area (Å²) >= 11 is 1.62. The van der Waals surface area contributed by atoms with Gasteiger partial charge in [-0.25, -0.2) is 4.98 Å². The number of benzene rings is 1. The second-order valence-corrected chi connectivity index (χ2v) is 8.24. The van der Waals surface area contributed by atoms with Crippen molar-refractivity contribution < 1.29 is 9.53 Å². The molecule has 1 aliphatic rings. The number of ether oxygens (including phenoxy) is 1. The largest absolute Gasteiger partial charge is 0.488 e. The highest BCUT2D eigenvalue weighted by Crippen LogP contribution is 2.27. The second-order valence-electron chi connectivity index (χ2n) is 7.30. The Morgan fingerprint density at radius 2 is 2.14 bits per heavy atom. The van der Waals surface area contributed by atoms with E-state index in [2.05, 4.69) is 15.0 Å². The van der Waals surface area contributed by atoms with Crippen LogP contribution in [0, 0.1) is 6.92 Å². The first-order valence-electron chi connectivity index (χ1n) is 9.27. The molecule has 0 spiro atoms. The number of aromatic amines is 1. The van der Waals surface area contributed by atoms with Crippen molar-refractivity contribution in [2.75, 3.05) is 13.6 Å². The lowest BCUT2D eigenvalue weighted by molar-refractivity contribution is -0.126. The number of rotatable bonds is 3. The summed E-state index contributed by atoms with van der Waals surface area (Å²) in [5, 5.41) is 3.53. The molecular weight excluding hydrogens is 388 g/mol. The summed E-state index contributed by atoms with van der Waals surface area (Å²) in [5.41, 5.74) is 1.83. The summed E-state index contributed by atoms with van der Waals surface area (Å²) in [5.74, 6) is 1.07. The van der Waals surface area contributed by atoms with Crippen LogP contribution in [0.1, 0.15) is 12.0 Å². The molecule has 7 nitrogen and oxygen atoms in total. The zero-order chi connectivity index (χ0) is 20.1. The van der Waals surface area contributed by atoms with Gasteiger partial charge in [-0.05, 0) is 42.1 Å². The van der Waals surface area contributed by atoms with Crippen molar-refractivity contribution in [1.29, 1.82) is 0 Å². The van der Waals surface area contributed by atoms with E-state index in [1.54, 1.807) is 35.5 Å². The van der Waals surface area contributed by atoms with Crippen molar-refractivity contribution in [3.63, 3.8) is 0 Å². The highest BCUT2D eigenvalue weighted by molar-refractivity contribution is 7.17. The van der Waals surface area contributed by atoms with E-state index < -0.39 is 0 Å². The Hall–Kier alpha value is -3.26. The summed E-state index contributed by atoms with van der Waals surface area (Å²) < 4.78 is 7.05. The van der Waals surface area contributed by atoms with E-state index in [1.807, 2.05) is 30.5 Å². The molecule has 1 amide bonds. The molecule has 0 saturated carbocycles. The van der Waals surface area contributed by atoms with Gasteiger partial charge in [0.25, 0.3) is 5.56 Å². The van der Waals surface area contributed by atoms with Crippen molar-refractivity contribution in [3.8, 4) is 17.3 Å². The van der Waals surface area contributed by atoms with Crippen molar-refractivity contribution in [2.45, 2.75) is 19.4 Å². The number of aryl methyl sites for hydroxylation is 1. The van der Waals surface area contributed by atoms with Crippen LogP contribution in [0.3, 0.4) is 0 Å². The fraction of sp³-hybridized carbons (Fsp3) is 0.238. The van der Waals surface area contributed by atoms with Gasteiger partial charge in [-0.2, -0.15) is 0 Å². The Morgan fingerprint density at radius 3 is 2.93 bits per heavy atom. The first kappa shape index (κ1) is 17.8. The molecule has 3 aromatic heterocycles. The number of fused-ring (bicyclic) bond motifs is 2. The zero-order valence-corrected chi connectivity index (χ0v) is 16.7. The third kappa shape index (κ3) is 3.15. The number of carbonyl (C=O) groups is 1. The van der Waals surface area contributed by atoms with E-state index in [9.17, 15) is 9.59 Å². The van der Waals surface area contributed by atoms with E-state index in [0.717, 1.165) is 15.6 Å². The number of aromatic nitrogens is 3. The fourth-order valence-electron chi connectivity index (χ4n) is 3.65. The molecule has 1 saturated heterocycles. The van der Waals surface area contributed by atoms with Crippen LogP contribution in [0.2, 0.25) is 0 Å². The molecule has 4 aromatic rings. The third-order valence-corrected chi connectivity index (χ3v) is 6.04. The molecule has 1 aromatic carbocycles. The lowest BCUT2D eigenvalue weighted by atomic mass is 10.1. The van der Waals surface area contributed by atoms with E-state index in [1.165, 1.54) is 0 Å². The van der Waals surface area contributed by atoms with Crippen LogP contribution in [-0.4, -0.2) is 45.5 Å². The summed E-state index contributed by atoms with van der Waals surface area (Å²) in [6, 6.07) is 7.49. The van der Waals surface area contributed by atoms with Gasteiger partial charge in [-0.15, -0.1) is 11.3 Å². The Labute approximate surface area is 170 Å². The predicted octanol–water partition coefficient (Wildman–Crippen LogP) is 3.12. The molecule has 146 valence electrons. The maximum absolute atomic E-state index is 12.8. The van der Waals surface area contributed by atoms with Crippen LogP contribution in [0.4, 0.5) is 0 Å². The highest BCUT2D eigenvalue weighted by atomic mass is 32.1. The smallest absolute Gasteiger partial charge is 0.259 e. The van der Waals surface area contributed by atoms with Crippen LogP contribution in [0.15, 0.2) is 40.6 Å². The van der Waals surface area contributed by atoms with Gasteiger partial charge in [0.05, 0.1) is 23.9 Å². The van der Waals surface area contributed by atoms with E-state index >= 15 is 0 Å². The molecule has 5 rings (SSSR count). The van der Waals surface area contributed by atoms with Crippen molar-refractivity contribution in [1.82, 2.24) is 19.9 Å². The van der Waals surface area contributed by atoms with Crippen LogP contribution < -0.4 is 10.3 Å². The number of hydrogen-bond donors (Lipinski definition) is 1. The average Bonchev–Trinajstić information content (AvgIpc) is 3.28. The number of amides is 1. The quantitative estimate of drug-likeness (QED) is 0.565. The third-order valence-electron chi connectivity index (χ3n) is 5.16. The first-order valence-corrected chi connectivity index (χ1v) is 10.1. The van der Waals surface area contributed by atoms with Crippen molar-refractivity contribution >= 4 is 38.2 Å². The van der Waals surface area contributed by atoms with Crippen LogP contribution in [0.5, 0.6) is 5.75 Å². The van der Waals surface area contributed by atoms with Gasteiger partial charge in [-0.3, -0.25) is 14.6 Å². The first-order chi connectivity index (χ1) is 14.0. The van der Waals surface area contributed by atoms with Gasteiger partial charge in [0.15, 0.2) is 5.82 Å². The molecule has 1 aliphatic heterocycles. The minimum atomic E-state index is -0.244. The number of hydrogen-bond acceptors (Lipinski definition) is 6. The average molecular weight is 406 g/mol. The molecular formula is C21H18N4O3S. The van der Waals surface area contributed by atoms with Crippen LogP contribution >= 0.6 is 11.3 Å². The number of nitrogens with zero attached hydrogens (tertiary/aromatic N) is 3. The number of pyridine rings is 1. The molecule has 1 N–H and O–H groups in total. The number of carbonyl (C=O) groups excluding carboxylic acids is 1. The lowest BCUT2D eigenvalue weighted by Crippen LogP contribution is -2.22. The number of likely N-dealkylation sites (tertiary alicyclic amines) is 1. The minimum absolute atomic E-state index is 0.0619. The van der Waals surface area contributed by atoms with Gasteiger partial charge in [0.1, 0.15) is 17.5 Å². The zero-order valence-electron chi connectivity index (χ0n) is 15.9. The molecule has 1 fully saturated rings. The molecule has 8 heteroatoms. The molecule has 4 heterocycles. The van der Waals surface area contributed by atoms with E-state index in [4.69, 9.17) is 4.74 Å². The maximum Gasteiger partial charge on any atom is 0.259 e. The van der Waals surface area contributed by atoms with Crippen molar-refractivity contribution in [3.05, 3.63) is 51.8 Å². The highest BCUT2D eigenvalue weighted by Gasteiger charge is 2.28. The fourth-order valence-corrected chi connectivity index (χ4v) is 4.45. The summed E-state index contributed by atoms with van der Waals surface area (Å²) in [6.45, 7) is 2.44. The lowest BCUT2D eigenvalue weighted by Gasteiger charge is -2.14. The van der Waals surface area contributed by atoms with Gasteiger partial charge in [-0.1, -0.05) is 0 Å². The Kier molecular flexibility index (Phi) is 4.09. The number of thiophene rings is 1. The Bertz CT molecular complexity index is 1330. The molecule has 0 aliphatic carbocycles. The number of nitrogens with one attached hydrogen (secondary N) is 1. The van der Waals surface area contributed by atoms with E-state index in [-0.39, 0.29) is 17.6 Å². The monoisotopic (exact) mass is 406 g/mol. The topological polar surface area (TPSA) is 88.2 Å². The van der Waals surface area contributed by atoms with Crippen LogP contribution in [0.25, 0.3) is 32.5 Å². The molecule has 0 bridgehead atoms. The predicted molar refractivity (Wildman–Crippen MR) is 112 cm³/mol. The maximum atomic E-state index is 12.8. The molecule has 0 radical (unpaired) electrons. The van der Waals surface area contributed by atoms with Gasteiger partial charge in [0, 0.05) is 23.3 Å². The van der Waals surface area contributed by atoms with Gasteiger partial charge in [0.2, 0.25) is 5.91 Å². The van der Waals surface area contributed by atoms with Gasteiger partial charge >= 0.3 is 0 Å². The Balaban J connectivity index is 1.54. The SMILES string of the molecule is Cc1cc(OC2CC(=O)N(C)C2)cc2c(=O)[nH]c(-c3cc4sccc4cn3)nc12. The van der Waals surface area contributed by atoms with Crippen LogP contribution in [-0.2, 0) is 4.79 Å². The normalized spacial score (nSPS) is 16.8. The molecule has 1 atom stereocenters. The molecule has 29 heavy (non-hydrogen) atoms. The van der Waals surface area contributed by atoms with Gasteiger partial charge < -0.3 is 14.6 Å². The summed E-state index contributed by atoms with van der Waals surface area (Å²) in [4.78, 5) is 38.1. The van der Waals surface area contributed by atoms with Crippen molar-refractivity contribution in [2.24, 2.45) is 0 Å². The minimum Gasteiger partial charge on any atom is -0.488 e. The second kappa shape index (κ2) is 6.66. The van der Waals surface area contributed by atoms with E-state index in [0.29, 0.717) is 41.1 Å². The molecule has 1 unspecified atom stereocenters. The Morgan fingerprint density at radius 1 is 1.28 bits per heavy atom.